The summed E-state index contributed by atoms with van der Waals surface area (Å²) in [6, 6.07) is 8.01. The number of carbonyl (C=O) groups excluding carboxylic acids is 1. The second-order valence-electron chi connectivity index (χ2n) is 4.56. The molecule has 1 heterocycles. The van der Waals surface area contributed by atoms with Gasteiger partial charge in [0.15, 0.2) is 5.16 Å². The van der Waals surface area contributed by atoms with Gasteiger partial charge >= 0.3 is 0 Å². The Bertz CT molecular complexity index is 539. The van der Waals surface area contributed by atoms with E-state index >= 15 is 0 Å². The van der Waals surface area contributed by atoms with Crippen molar-refractivity contribution in [2.75, 3.05) is 11.1 Å². The van der Waals surface area contributed by atoms with Gasteiger partial charge in [0.05, 0.1) is 5.75 Å². The van der Waals surface area contributed by atoms with E-state index in [-0.39, 0.29) is 5.91 Å². The number of hydrogen-bond acceptors (Lipinski definition) is 4. The third kappa shape index (κ3) is 4.09. The summed E-state index contributed by atoms with van der Waals surface area (Å²) in [6.45, 7) is 4.36. The van der Waals surface area contributed by atoms with E-state index in [1.165, 1.54) is 23.7 Å². The molecular formula is C14H18N4OS. The number of nitrogens with one attached hydrogen (secondary N) is 2. The molecule has 0 aliphatic rings. The summed E-state index contributed by atoms with van der Waals surface area (Å²) in [5.74, 6) is 0.798. The van der Waals surface area contributed by atoms with Crippen LogP contribution in [0.25, 0.3) is 0 Å². The third-order valence-electron chi connectivity index (χ3n) is 3.11. The number of nitrogens with zero attached hydrogens (tertiary/aromatic N) is 2. The van der Waals surface area contributed by atoms with Gasteiger partial charge in [-0.25, -0.2) is 4.98 Å². The van der Waals surface area contributed by atoms with Crippen molar-refractivity contribution < 1.29 is 4.79 Å². The smallest absolute Gasteiger partial charge is 0.234 e. The van der Waals surface area contributed by atoms with Gasteiger partial charge in [0.1, 0.15) is 6.33 Å². The zero-order valence-electron chi connectivity index (χ0n) is 11.6. The summed E-state index contributed by atoms with van der Waals surface area (Å²) in [5, 5.41) is 9.95. The molecule has 0 spiro atoms. The standard InChI is InChI=1S/C14H18N4OS/c1-3-10(2)11-4-6-12(7-5-11)17-13(19)8-20-14-15-9-16-18-14/h4-7,9-10H,3,8H2,1-2H3,(H,17,19)(H,15,16,18). The molecule has 0 aliphatic carbocycles. The number of carbonyl (C=O) groups is 1. The van der Waals surface area contributed by atoms with E-state index < -0.39 is 0 Å². The third-order valence-corrected chi connectivity index (χ3v) is 3.99. The number of hydrogen-bond donors (Lipinski definition) is 2. The Morgan fingerprint density at radius 1 is 1.40 bits per heavy atom. The highest BCUT2D eigenvalue weighted by atomic mass is 32.2. The van der Waals surface area contributed by atoms with Gasteiger partial charge in [0, 0.05) is 5.69 Å². The van der Waals surface area contributed by atoms with Crippen LogP contribution in [0.3, 0.4) is 0 Å². The quantitative estimate of drug-likeness (QED) is 0.802. The molecule has 0 saturated heterocycles. The Labute approximate surface area is 122 Å². The average molecular weight is 290 g/mol. The zero-order chi connectivity index (χ0) is 14.4. The summed E-state index contributed by atoms with van der Waals surface area (Å²) in [6.07, 6.45) is 2.54. The average Bonchev–Trinajstić information content (AvgIpc) is 2.98. The Morgan fingerprint density at radius 2 is 2.15 bits per heavy atom. The van der Waals surface area contributed by atoms with E-state index in [2.05, 4.69) is 46.5 Å². The fraction of sp³-hybridized carbons (Fsp3) is 0.357. The molecule has 0 radical (unpaired) electrons. The number of benzene rings is 1. The van der Waals surface area contributed by atoms with Crippen LogP contribution in [0, 0.1) is 0 Å². The monoisotopic (exact) mass is 290 g/mol. The van der Waals surface area contributed by atoms with Gasteiger partial charge in [-0.3, -0.25) is 9.89 Å². The van der Waals surface area contributed by atoms with Crippen molar-refractivity contribution in [3.8, 4) is 0 Å². The summed E-state index contributed by atoms with van der Waals surface area (Å²) in [7, 11) is 0. The highest BCUT2D eigenvalue weighted by Gasteiger charge is 2.06. The van der Waals surface area contributed by atoms with Crippen LogP contribution < -0.4 is 5.32 Å². The minimum Gasteiger partial charge on any atom is -0.325 e. The SMILES string of the molecule is CCC(C)c1ccc(NC(=O)CSc2ncn[nH]2)cc1. The molecular weight excluding hydrogens is 272 g/mol. The maximum Gasteiger partial charge on any atom is 0.234 e. The Morgan fingerprint density at radius 3 is 2.75 bits per heavy atom. The molecule has 2 N–H and O–H groups in total. The number of anilines is 1. The van der Waals surface area contributed by atoms with Crippen LogP contribution in [0.2, 0.25) is 0 Å². The van der Waals surface area contributed by atoms with Crippen molar-refractivity contribution in [2.24, 2.45) is 0 Å². The molecule has 2 aromatic rings. The lowest BCUT2D eigenvalue weighted by molar-refractivity contribution is -0.113. The minimum atomic E-state index is -0.0531. The normalized spacial score (nSPS) is 12.1. The van der Waals surface area contributed by atoms with E-state index in [0.29, 0.717) is 16.8 Å². The minimum absolute atomic E-state index is 0.0531. The molecule has 1 aromatic carbocycles. The lowest BCUT2D eigenvalue weighted by atomic mass is 9.99. The van der Waals surface area contributed by atoms with E-state index in [0.717, 1.165) is 12.1 Å². The second-order valence-corrected chi connectivity index (χ2v) is 5.52. The summed E-state index contributed by atoms with van der Waals surface area (Å²) < 4.78 is 0. The van der Waals surface area contributed by atoms with Gasteiger partial charge in [-0.05, 0) is 30.0 Å². The number of aromatic nitrogens is 3. The summed E-state index contributed by atoms with van der Waals surface area (Å²) in [5.41, 5.74) is 2.11. The summed E-state index contributed by atoms with van der Waals surface area (Å²) in [4.78, 5) is 15.7. The Balaban J connectivity index is 1.84. The first-order valence-corrected chi connectivity index (χ1v) is 7.55. The van der Waals surface area contributed by atoms with Gasteiger partial charge in [0.2, 0.25) is 5.91 Å². The largest absolute Gasteiger partial charge is 0.325 e. The molecule has 1 atom stereocenters. The van der Waals surface area contributed by atoms with Gasteiger partial charge in [-0.1, -0.05) is 37.7 Å². The predicted octanol–water partition coefficient (Wildman–Crippen LogP) is 3.05. The van der Waals surface area contributed by atoms with Crippen molar-refractivity contribution >= 4 is 23.4 Å². The molecule has 5 nitrogen and oxygen atoms in total. The maximum atomic E-state index is 11.8. The van der Waals surface area contributed by atoms with Crippen molar-refractivity contribution in [1.29, 1.82) is 0 Å². The second kappa shape index (κ2) is 7.09. The Hall–Kier alpha value is -1.82. The molecule has 6 heteroatoms. The molecule has 1 amide bonds. The van der Waals surface area contributed by atoms with Gasteiger partial charge in [0.25, 0.3) is 0 Å². The van der Waals surface area contributed by atoms with Crippen LogP contribution in [0.15, 0.2) is 35.7 Å². The molecule has 2 rings (SSSR count). The molecule has 0 aliphatic heterocycles. The van der Waals surface area contributed by atoms with Crippen molar-refractivity contribution in [2.45, 2.75) is 31.3 Å². The van der Waals surface area contributed by atoms with Crippen LogP contribution >= 0.6 is 11.8 Å². The van der Waals surface area contributed by atoms with E-state index in [4.69, 9.17) is 0 Å². The Kier molecular flexibility index (Phi) is 5.17. The highest BCUT2D eigenvalue weighted by molar-refractivity contribution is 7.99. The highest BCUT2D eigenvalue weighted by Crippen LogP contribution is 2.20. The van der Waals surface area contributed by atoms with Gasteiger partial charge < -0.3 is 5.32 Å². The number of aromatic amines is 1. The predicted molar refractivity (Wildman–Crippen MR) is 80.9 cm³/mol. The number of H-pyrrole nitrogens is 1. The van der Waals surface area contributed by atoms with Crippen LogP contribution in [0.5, 0.6) is 0 Å². The first kappa shape index (κ1) is 14.6. The van der Waals surface area contributed by atoms with Crippen LogP contribution in [0.1, 0.15) is 31.7 Å². The summed E-state index contributed by atoms with van der Waals surface area (Å²) >= 11 is 1.32. The molecule has 20 heavy (non-hydrogen) atoms. The lowest BCUT2D eigenvalue weighted by Crippen LogP contribution is -2.14. The fourth-order valence-corrected chi connectivity index (χ4v) is 2.30. The van der Waals surface area contributed by atoms with Crippen LogP contribution in [0.4, 0.5) is 5.69 Å². The first-order valence-electron chi connectivity index (χ1n) is 6.57. The van der Waals surface area contributed by atoms with E-state index in [9.17, 15) is 4.79 Å². The first-order chi connectivity index (χ1) is 9.69. The molecule has 0 bridgehead atoms. The number of rotatable bonds is 6. The molecule has 0 fully saturated rings. The molecule has 1 aromatic heterocycles. The van der Waals surface area contributed by atoms with Crippen molar-refractivity contribution in [1.82, 2.24) is 15.2 Å². The maximum absolute atomic E-state index is 11.8. The fourth-order valence-electron chi connectivity index (χ4n) is 1.73. The van der Waals surface area contributed by atoms with Crippen molar-refractivity contribution in [3.05, 3.63) is 36.2 Å². The number of amides is 1. The topological polar surface area (TPSA) is 70.7 Å². The van der Waals surface area contributed by atoms with Gasteiger partial charge in [-0.2, -0.15) is 5.10 Å². The van der Waals surface area contributed by atoms with E-state index in [1.54, 1.807) is 0 Å². The molecule has 106 valence electrons. The lowest BCUT2D eigenvalue weighted by Gasteiger charge is -2.10. The van der Waals surface area contributed by atoms with Gasteiger partial charge in [-0.15, -0.1) is 0 Å². The number of thioether (sulfide) groups is 1. The van der Waals surface area contributed by atoms with E-state index in [1.807, 2.05) is 12.1 Å². The molecule has 1 unspecified atom stereocenters. The zero-order valence-corrected chi connectivity index (χ0v) is 12.4. The van der Waals surface area contributed by atoms with Crippen LogP contribution in [-0.4, -0.2) is 26.8 Å². The molecule has 0 saturated carbocycles. The van der Waals surface area contributed by atoms with Crippen LogP contribution in [-0.2, 0) is 4.79 Å². The van der Waals surface area contributed by atoms with Crippen molar-refractivity contribution in [3.63, 3.8) is 0 Å².